The Morgan fingerprint density at radius 2 is 1.60 bits per heavy atom. The molecular weight excluding hydrogens is 283 g/mol. The van der Waals surface area contributed by atoms with Crippen molar-refractivity contribution in [2.75, 3.05) is 6.16 Å². The van der Waals surface area contributed by atoms with Crippen LogP contribution in [-0.4, -0.2) is 35.2 Å². The molecule has 0 heterocycles. The second-order valence-electron chi connectivity index (χ2n) is 5.84. The largest absolute Gasteiger partial charge is 0.506 e. The summed E-state index contributed by atoms with van der Waals surface area (Å²) in [5, 5.41) is 8.91. The van der Waals surface area contributed by atoms with Gasteiger partial charge in [0.15, 0.2) is 0 Å². The molecule has 1 rings (SSSR count). The summed E-state index contributed by atoms with van der Waals surface area (Å²) >= 11 is 0. The van der Waals surface area contributed by atoms with Gasteiger partial charge >= 0.3 is 13.8 Å². The van der Waals surface area contributed by atoms with Gasteiger partial charge in [-0.15, -0.1) is 0 Å². The summed E-state index contributed by atoms with van der Waals surface area (Å²) in [6, 6.07) is 0. The summed E-state index contributed by atoms with van der Waals surface area (Å²) in [4.78, 5) is 10.9. The predicted octanol–water partition coefficient (Wildman–Crippen LogP) is 4.04. The van der Waals surface area contributed by atoms with Crippen LogP contribution < -0.4 is 0 Å². The van der Waals surface area contributed by atoms with E-state index in [1.54, 1.807) is 27.7 Å². The Morgan fingerprint density at radius 1 is 1.15 bits per heavy atom. The van der Waals surface area contributed by atoms with Gasteiger partial charge in [-0.2, -0.15) is 0 Å². The molecule has 1 aliphatic rings. The molecule has 6 nitrogen and oxygen atoms in total. The number of carboxylic acid groups (broad SMARTS) is 1. The molecule has 0 atom stereocenters. The van der Waals surface area contributed by atoms with Crippen LogP contribution in [0.5, 0.6) is 0 Å². The molecule has 0 bridgehead atoms. The molecule has 1 saturated carbocycles. The molecule has 0 aliphatic heterocycles. The molecule has 118 valence electrons. The quantitative estimate of drug-likeness (QED) is 0.564. The van der Waals surface area contributed by atoms with Crippen molar-refractivity contribution in [3.05, 3.63) is 0 Å². The third-order valence-corrected chi connectivity index (χ3v) is 5.49. The normalized spacial score (nSPS) is 18.7. The van der Waals surface area contributed by atoms with E-state index < -0.39 is 19.4 Å². The fraction of sp³-hybridized carbons (Fsp3) is 0.923. The van der Waals surface area contributed by atoms with E-state index in [-0.39, 0.29) is 18.4 Å². The standard InChI is InChI=1S/C13H25O6P/c1-10(2)18-20(16,19-11(3)4)9-13(17-12(14)15)7-5-6-8-13/h10-11H,5-9H2,1-4H3,(H,14,15). The minimum absolute atomic E-state index is 0.0112. The third kappa shape index (κ3) is 5.43. The van der Waals surface area contributed by atoms with Gasteiger partial charge in [0, 0.05) is 0 Å². The van der Waals surface area contributed by atoms with Crippen molar-refractivity contribution in [3.8, 4) is 0 Å². The zero-order valence-electron chi connectivity index (χ0n) is 12.6. The monoisotopic (exact) mass is 308 g/mol. The first-order chi connectivity index (χ1) is 9.16. The lowest BCUT2D eigenvalue weighted by atomic mass is 10.1. The van der Waals surface area contributed by atoms with E-state index >= 15 is 0 Å². The fourth-order valence-electron chi connectivity index (χ4n) is 2.59. The lowest BCUT2D eigenvalue weighted by Gasteiger charge is -2.32. The van der Waals surface area contributed by atoms with Crippen molar-refractivity contribution >= 4 is 13.8 Å². The summed E-state index contributed by atoms with van der Waals surface area (Å²) in [7, 11) is -3.39. The molecule has 0 radical (unpaired) electrons. The van der Waals surface area contributed by atoms with Gasteiger partial charge in [-0.25, -0.2) is 4.79 Å². The summed E-state index contributed by atoms with van der Waals surface area (Å²) in [6.45, 7) is 7.09. The topological polar surface area (TPSA) is 82.1 Å². The van der Waals surface area contributed by atoms with Crippen LogP contribution in [-0.2, 0) is 18.3 Å². The second-order valence-corrected chi connectivity index (χ2v) is 7.80. The Balaban J connectivity index is 2.90. The molecule has 20 heavy (non-hydrogen) atoms. The van der Waals surface area contributed by atoms with E-state index in [1.807, 2.05) is 0 Å². The first-order valence-corrected chi connectivity index (χ1v) is 8.77. The number of hydrogen-bond acceptors (Lipinski definition) is 5. The fourth-order valence-corrected chi connectivity index (χ4v) is 5.16. The van der Waals surface area contributed by atoms with Gasteiger partial charge in [-0.1, -0.05) is 0 Å². The highest BCUT2D eigenvalue weighted by Crippen LogP contribution is 2.56. The third-order valence-electron chi connectivity index (χ3n) is 3.04. The maximum absolute atomic E-state index is 12.9. The Labute approximate surface area is 120 Å². The zero-order chi connectivity index (χ0) is 15.4. The van der Waals surface area contributed by atoms with Crippen molar-refractivity contribution in [1.82, 2.24) is 0 Å². The molecule has 0 unspecified atom stereocenters. The van der Waals surface area contributed by atoms with E-state index in [0.717, 1.165) is 12.8 Å². The number of ether oxygens (including phenoxy) is 1. The molecule has 7 heteroatoms. The van der Waals surface area contributed by atoms with Crippen molar-refractivity contribution < 1.29 is 28.3 Å². The molecule has 0 saturated heterocycles. The van der Waals surface area contributed by atoms with Gasteiger partial charge in [0.2, 0.25) is 0 Å². The maximum atomic E-state index is 12.9. The van der Waals surface area contributed by atoms with Gasteiger partial charge in [0.1, 0.15) is 5.60 Å². The molecule has 0 aromatic carbocycles. The lowest BCUT2D eigenvalue weighted by molar-refractivity contribution is -0.00605. The van der Waals surface area contributed by atoms with Gasteiger partial charge in [0.05, 0.1) is 18.4 Å². The number of rotatable bonds is 7. The highest BCUT2D eigenvalue weighted by atomic mass is 31.2. The molecule has 0 aromatic rings. The summed E-state index contributed by atoms with van der Waals surface area (Å²) in [5.41, 5.74) is -0.939. The summed E-state index contributed by atoms with van der Waals surface area (Å²) in [6.07, 6.45) is 0.965. The van der Waals surface area contributed by atoms with Crippen LogP contribution in [0, 0.1) is 0 Å². The van der Waals surface area contributed by atoms with E-state index in [2.05, 4.69) is 0 Å². The Morgan fingerprint density at radius 3 is 1.95 bits per heavy atom. The smallest absolute Gasteiger partial charge is 0.450 e. The Hall–Kier alpha value is -0.580. The average molecular weight is 308 g/mol. The van der Waals surface area contributed by atoms with Crippen LogP contribution in [0.4, 0.5) is 4.79 Å². The summed E-state index contributed by atoms with van der Waals surface area (Å²) < 4.78 is 28.9. The molecule has 0 aromatic heterocycles. The molecule has 1 N–H and O–H groups in total. The molecule has 1 aliphatic carbocycles. The van der Waals surface area contributed by atoms with E-state index in [4.69, 9.17) is 18.9 Å². The molecular formula is C13H25O6P. The Bertz CT molecular complexity index is 359. The summed E-state index contributed by atoms with van der Waals surface area (Å²) in [5.74, 6) is 0. The van der Waals surface area contributed by atoms with Crippen LogP contribution in [0.25, 0.3) is 0 Å². The maximum Gasteiger partial charge on any atom is 0.506 e. The first kappa shape index (κ1) is 17.5. The molecule has 0 spiro atoms. The van der Waals surface area contributed by atoms with E-state index in [0.29, 0.717) is 12.8 Å². The first-order valence-electron chi connectivity index (χ1n) is 7.04. The lowest BCUT2D eigenvalue weighted by Crippen LogP contribution is -2.36. The van der Waals surface area contributed by atoms with Crippen LogP contribution in [0.2, 0.25) is 0 Å². The van der Waals surface area contributed by atoms with Gasteiger partial charge < -0.3 is 18.9 Å². The van der Waals surface area contributed by atoms with E-state index in [9.17, 15) is 9.36 Å². The Kier molecular flexibility index (Phi) is 6.05. The molecule has 0 amide bonds. The van der Waals surface area contributed by atoms with Crippen LogP contribution in [0.3, 0.4) is 0 Å². The van der Waals surface area contributed by atoms with Crippen LogP contribution in [0.1, 0.15) is 53.4 Å². The SMILES string of the molecule is CC(C)OP(=O)(CC1(OC(=O)O)CCCC1)OC(C)C. The highest BCUT2D eigenvalue weighted by Gasteiger charge is 2.46. The van der Waals surface area contributed by atoms with Crippen LogP contribution >= 0.6 is 7.60 Å². The highest BCUT2D eigenvalue weighted by molar-refractivity contribution is 7.54. The van der Waals surface area contributed by atoms with Gasteiger partial charge in [-0.05, 0) is 53.4 Å². The van der Waals surface area contributed by atoms with Crippen molar-refractivity contribution in [1.29, 1.82) is 0 Å². The number of hydrogen-bond donors (Lipinski definition) is 1. The predicted molar refractivity (Wildman–Crippen MR) is 75.2 cm³/mol. The number of carbonyl (C=O) groups is 1. The van der Waals surface area contributed by atoms with Crippen molar-refractivity contribution in [2.45, 2.75) is 71.2 Å². The van der Waals surface area contributed by atoms with E-state index in [1.165, 1.54) is 0 Å². The van der Waals surface area contributed by atoms with Gasteiger partial charge in [-0.3, -0.25) is 4.57 Å². The average Bonchev–Trinajstić information content (AvgIpc) is 2.60. The van der Waals surface area contributed by atoms with Gasteiger partial charge in [0.25, 0.3) is 0 Å². The van der Waals surface area contributed by atoms with Crippen molar-refractivity contribution in [2.24, 2.45) is 0 Å². The van der Waals surface area contributed by atoms with Crippen molar-refractivity contribution in [3.63, 3.8) is 0 Å². The minimum Gasteiger partial charge on any atom is -0.450 e. The van der Waals surface area contributed by atoms with Crippen LogP contribution in [0.15, 0.2) is 0 Å². The molecule has 1 fully saturated rings. The second kappa shape index (κ2) is 6.92. The minimum atomic E-state index is -3.39. The zero-order valence-corrected chi connectivity index (χ0v) is 13.5.